The molecule has 2 atom stereocenters. The van der Waals surface area contributed by atoms with Crippen LogP contribution in [0.15, 0.2) is 18.3 Å². The standard InChI is InChI=1S/C19H27N3O4S/c1-3-22(16-7-10-27(25,26)13-16)19(24)17-11-15(6-8-20-17)18(23)21-9-4-5-14(2)12-21/h6,8,11,14,16H,3-5,7,9-10,12-13H2,1-2H3. The lowest BCUT2D eigenvalue weighted by Crippen LogP contribution is -2.41. The molecule has 2 aliphatic rings. The summed E-state index contributed by atoms with van der Waals surface area (Å²) in [4.78, 5) is 33.3. The molecule has 2 saturated heterocycles. The van der Waals surface area contributed by atoms with Crippen molar-refractivity contribution in [2.45, 2.75) is 39.2 Å². The molecule has 148 valence electrons. The Hall–Kier alpha value is -1.96. The fraction of sp³-hybridized carbons (Fsp3) is 0.632. The van der Waals surface area contributed by atoms with Gasteiger partial charge in [-0.25, -0.2) is 8.42 Å². The lowest BCUT2D eigenvalue weighted by molar-refractivity contribution is 0.0682. The highest BCUT2D eigenvalue weighted by molar-refractivity contribution is 7.91. The van der Waals surface area contributed by atoms with Gasteiger partial charge in [0.15, 0.2) is 9.84 Å². The summed E-state index contributed by atoms with van der Waals surface area (Å²) >= 11 is 0. The lowest BCUT2D eigenvalue weighted by atomic mass is 9.99. The van der Waals surface area contributed by atoms with E-state index in [0.29, 0.717) is 24.4 Å². The molecule has 1 aromatic heterocycles. The maximum atomic E-state index is 12.9. The van der Waals surface area contributed by atoms with Gasteiger partial charge in [-0.15, -0.1) is 0 Å². The lowest BCUT2D eigenvalue weighted by Gasteiger charge is -2.31. The van der Waals surface area contributed by atoms with E-state index >= 15 is 0 Å². The quantitative estimate of drug-likeness (QED) is 0.775. The molecule has 3 heterocycles. The average Bonchev–Trinajstić information content (AvgIpc) is 3.01. The van der Waals surface area contributed by atoms with Gasteiger partial charge in [0.05, 0.1) is 11.5 Å². The number of piperidine rings is 1. The molecule has 0 bridgehead atoms. The van der Waals surface area contributed by atoms with Gasteiger partial charge >= 0.3 is 0 Å². The highest BCUT2D eigenvalue weighted by atomic mass is 32.2. The number of carbonyl (C=O) groups excluding carboxylic acids is 2. The van der Waals surface area contributed by atoms with Gasteiger partial charge in [-0.05, 0) is 44.2 Å². The molecule has 0 saturated carbocycles. The Morgan fingerprint density at radius 3 is 2.74 bits per heavy atom. The minimum absolute atomic E-state index is 0.00311. The molecule has 27 heavy (non-hydrogen) atoms. The maximum absolute atomic E-state index is 12.9. The van der Waals surface area contributed by atoms with Crippen LogP contribution in [0.2, 0.25) is 0 Å². The van der Waals surface area contributed by atoms with Crippen molar-refractivity contribution in [3.05, 3.63) is 29.6 Å². The van der Waals surface area contributed by atoms with Crippen molar-refractivity contribution in [1.29, 1.82) is 0 Å². The molecule has 0 spiro atoms. The van der Waals surface area contributed by atoms with Crippen LogP contribution in [-0.2, 0) is 9.84 Å². The van der Waals surface area contributed by atoms with Crippen LogP contribution in [-0.4, -0.2) is 72.2 Å². The molecule has 0 N–H and O–H groups in total. The van der Waals surface area contributed by atoms with E-state index < -0.39 is 9.84 Å². The van der Waals surface area contributed by atoms with Gasteiger partial charge < -0.3 is 9.80 Å². The van der Waals surface area contributed by atoms with Crippen LogP contribution in [0.4, 0.5) is 0 Å². The normalized spacial score (nSPS) is 24.6. The molecule has 0 aromatic carbocycles. The molecule has 2 amide bonds. The minimum atomic E-state index is -3.08. The number of amides is 2. The van der Waals surface area contributed by atoms with Crippen molar-refractivity contribution < 1.29 is 18.0 Å². The molecular formula is C19H27N3O4S. The second-order valence-corrected chi connectivity index (χ2v) is 9.81. The molecule has 0 aliphatic carbocycles. The van der Waals surface area contributed by atoms with Crippen molar-refractivity contribution in [3.63, 3.8) is 0 Å². The van der Waals surface area contributed by atoms with Gasteiger partial charge in [0.25, 0.3) is 11.8 Å². The zero-order valence-electron chi connectivity index (χ0n) is 15.9. The van der Waals surface area contributed by atoms with Crippen LogP contribution in [0.25, 0.3) is 0 Å². The Kier molecular flexibility index (Phi) is 5.83. The van der Waals surface area contributed by atoms with E-state index in [9.17, 15) is 18.0 Å². The van der Waals surface area contributed by atoms with Crippen molar-refractivity contribution in [2.75, 3.05) is 31.1 Å². The Balaban J connectivity index is 1.77. The third-order valence-corrected chi connectivity index (χ3v) is 7.17. The number of hydrogen-bond donors (Lipinski definition) is 0. The van der Waals surface area contributed by atoms with E-state index in [2.05, 4.69) is 11.9 Å². The van der Waals surface area contributed by atoms with Gasteiger partial charge in [0.2, 0.25) is 0 Å². The van der Waals surface area contributed by atoms with E-state index in [0.717, 1.165) is 25.9 Å². The van der Waals surface area contributed by atoms with E-state index in [1.165, 1.54) is 12.3 Å². The summed E-state index contributed by atoms with van der Waals surface area (Å²) in [5, 5.41) is 0. The highest BCUT2D eigenvalue weighted by Gasteiger charge is 2.35. The Morgan fingerprint density at radius 1 is 1.33 bits per heavy atom. The summed E-state index contributed by atoms with van der Waals surface area (Å²) < 4.78 is 23.5. The zero-order chi connectivity index (χ0) is 19.6. The number of nitrogens with zero attached hydrogens (tertiary/aromatic N) is 3. The van der Waals surface area contributed by atoms with Crippen LogP contribution in [0.3, 0.4) is 0 Å². The molecule has 7 nitrogen and oxygen atoms in total. The van der Waals surface area contributed by atoms with Crippen LogP contribution >= 0.6 is 0 Å². The molecule has 8 heteroatoms. The molecular weight excluding hydrogens is 366 g/mol. The molecule has 1 aromatic rings. The van der Waals surface area contributed by atoms with E-state index in [-0.39, 0.29) is 35.1 Å². The number of pyridine rings is 1. The van der Waals surface area contributed by atoms with Crippen molar-refractivity contribution >= 4 is 21.7 Å². The van der Waals surface area contributed by atoms with Crippen LogP contribution in [0.5, 0.6) is 0 Å². The van der Waals surface area contributed by atoms with Gasteiger partial charge in [0, 0.05) is 37.4 Å². The van der Waals surface area contributed by atoms with Gasteiger partial charge in [-0.2, -0.15) is 0 Å². The smallest absolute Gasteiger partial charge is 0.272 e. The van der Waals surface area contributed by atoms with Gasteiger partial charge in [-0.3, -0.25) is 14.6 Å². The number of likely N-dealkylation sites (tertiary alicyclic amines) is 1. The first-order chi connectivity index (χ1) is 12.8. The highest BCUT2D eigenvalue weighted by Crippen LogP contribution is 2.21. The van der Waals surface area contributed by atoms with E-state index in [4.69, 9.17) is 0 Å². The maximum Gasteiger partial charge on any atom is 0.272 e. The Morgan fingerprint density at radius 2 is 2.11 bits per heavy atom. The average molecular weight is 394 g/mol. The third kappa shape index (κ3) is 4.48. The number of rotatable bonds is 4. The fourth-order valence-corrected chi connectivity index (χ4v) is 5.70. The molecule has 2 aliphatic heterocycles. The van der Waals surface area contributed by atoms with Gasteiger partial charge in [-0.1, -0.05) is 6.92 Å². The van der Waals surface area contributed by atoms with Gasteiger partial charge in [0.1, 0.15) is 5.69 Å². The number of carbonyl (C=O) groups is 2. The Labute approximate surface area is 160 Å². The monoisotopic (exact) mass is 393 g/mol. The summed E-state index contributed by atoms with van der Waals surface area (Å²) in [6, 6.07) is 2.85. The van der Waals surface area contributed by atoms with Crippen molar-refractivity contribution in [3.8, 4) is 0 Å². The summed E-state index contributed by atoms with van der Waals surface area (Å²) in [6.45, 7) is 5.83. The molecule has 2 fully saturated rings. The summed E-state index contributed by atoms with van der Waals surface area (Å²) in [5.41, 5.74) is 0.648. The number of sulfone groups is 1. The topological polar surface area (TPSA) is 87.7 Å². The van der Waals surface area contributed by atoms with Crippen molar-refractivity contribution in [2.24, 2.45) is 5.92 Å². The molecule has 2 unspecified atom stereocenters. The van der Waals surface area contributed by atoms with Crippen LogP contribution in [0.1, 0.15) is 54.0 Å². The number of hydrogen-bond acceptors (Lipinski definition) is 5. The molecule has 0 radical (unpaired) electrons. The molecule has 3 rings (SSSR count). The zero-order valence-corrected chi connectivity index (χ0v) is 16.7. The first-order valence-electron chi connectivity index (χ1n) is 9.57. The Bertz CT molecular complexity index is 824. The first-order valence-corrected chi connectivity index (χ1v) is 11.4. The summed E-state index contributed by atoms with van der Waals surface area (Å²) in [5.74, 6) is 0.188. The van der Waals surface area contributed by atoms with E-state index in [1.54, 1.807) is 11.0 Å². The SMILES string of the molecule is CCN(C(=O)c1cc(C(=O)N2CCCC(C)C2)ccn1)C1CCS(=O)(=O)C1. The minimum Gasteiger partial charge on any atom is -0.338 e. The predicted octanol–water partition coefficient (Wildman–Crippen LogP) is 1.60. The largest absolute Gasteiger partial charge is 0.338 e. The fourth-order valence-electron chi connectivity index (χ4n) is 3.97. The predicted molar refractivity (Wildman–Crippen MR) is 102 cm³/mol. The number of aromatic nitrogens is 1. The summed E-state index contributed by atoms with van der Waals surface area (Å²) in [6.07, 6.45) is 4.04. The second-order valence-electron chi connectivity index (χ2n) is 7.58. The summed E-state index contributed by atoms with van der Waals surface area (Å²) in [7, 11) is -3.08. The third-order valence-electron chi connectivity index (χ3n) is 5.42. The first kappa shape index (κ1) is 19.8. The van der Waals surface area contributed by atoms with Crippen molar-refractivity contribution in [1.82, 2.24) is 14.8 Å². The second kappa shape index (κ2) is 7.96. The van der Waals surface area contributed by atoms with Crippen LogP contribution < -0.4 is 0 Å². The van der Waals surface area contributed by atoms with Crippen LogP contribution in [0, 0.1) is 5.92 Å². The van der Waals surface area contributed by atoms with E-state index in [1.807, 2.05) is 11.8 Å².